The van der Waals surface area contributed by atoms with Crippen molar-refractivity contribution < 1.29 is 14.3 Å². The van der Waals surface area contributed by atoms with Crippen molar-refractivity contribution in [2.45, 2.75) is 39.2 Å². The molecule has 2 saturated heterocycles. The second-order valence-corrected chi connectivity index (χ2v) is 10.5. The third kappa shape index (κ3) is 4.05. The number of H-pyrrole nitrogens is 1. The lowest BCUT2D eigenvalue weighted by molar-refractivity contribution is -0.135. The molecule has 3 aromatic rings. The number of amides is 2. The summed E-state index contributed by atoms with van der Waals surface area (Å²) >= 11 is 0. The van der Waals surface area contributed by atoms with Crippen molar-refractivity contribution in [1.29, 1.82) is 0 Å². The van der Waals surface area contributed by atoms with Crippen LogP contribution in [0.3, 0.4) is 0 Å². The van der Waals surface area contributed by atoms with Crippen LogP contribution in [0.2, 0.25) is 0 Å². The number of aromatic nitrogens is 3. The number of hydrogen-bond acceptors (Lipinski definition) is 5. The highest BCUT2D eigenvalue weighted by Crippen LogP contribution is 2.35. The van der Waals surface area contributed by atoms with Crippen LogP contribution in [-0.4, -0.2) is 69.3 Å². The maximum atomic E-state index is 13.5. The van der Waals surface area contributed by atoms with Crippen molar-refractivity contribution >= 4 is 22.6 Å². The molecule has 3 atom stereocenters. The number of fused-ring (bicyclic) bond motifs is 3. The second-order valence-electron chi connectivity index (χ2n) is 10.5. The largest absolute Gasteiger partial charge is 0.490 e. The molecule has 1 aromatic heterocycles. The van der Waals surface area contributed by atoms with Crippen LogP contribution in [0.25, 0.3) is 10.8 Å². The first-order valence-corrected chi connectivity index (χ1v) is 12.6. The summed E-state index contributed by atoms with van der Waals surface area (Å²) in [6, 6.07) is 11.9. The van der Waals surface area contributed by atoms with Crippen molar-refractivity contribution in [2.24, 2.45) is 17.8 Å². The fraction of sp³-hybridized carbons (Fsp3) is 0.481. The molecule has 1 aliphatic carbocycles. The monoisotopic (exact) mass is 473 g/mol. The molecule has 1 N–H and O–H groups in total. The molecular weight excluding hydrogens is 442 g/mol. The third-order valence-corrected chi connectivity index (χ3v) is 7.74. The van der Waals surface area contributed by atoms with E-state index in [0.29, 0.717) is 36.9 Å². The van der Waals surface area contributed by atoms with Gasteiger partial charge in [-0.1, -0.05) is 24.3 Å². The zero-order valence-electron chi connectivity index (χ0n) is 20.2. The van der Waals surface area contributed by atoms with E-state index in [1.165, 1.54) is 0 Å². The molecule has 3 heterocycles. The summed E-state index contributed by atoms with van der Waals surface area (Å²) in [4.78, 5) is 30.7. The van der Waals surface area contributed by atoms with E-state index in [1.54, 1.807) is 0 Å². The summed E-state index contributed by atoms with van der Waals surface area (Å²) in [5.74, 6) is 1.68. The van der Waals surface area contributed by atoms with Gasteiger partial charge < -0.3 is 14.5 Å². The van der Waals surface area contributed by atoms with E-state index in [2.05, 4.69) is 15.4 Å². The minimum atomic E-state index is -0.0128. The lowest BCUT2D eigenvalue weighted by Gasteiger charge is -2.27. The molecule has 2 fully saturated rings. The number of nitrogens with zero attached hydrogens (tertiary/aromatic N) is 4. The van der Waals surface area contributed by atoms with Crippen LogP contribution in [0, 0.1) is 17.8 Å². The number of carbonyl (C=O) groups is 2. The molecule has 0 unspecified atom stereocenters. The highest BCUT2D eigenvalue weighted by atomic mass is 16.5. The molecule has 0 spiro atoms. The van der Waals surface area contributed by atoms with Gasteiger partial charge in [-0.25, -0.2) is 0 Å². The molecule has 0 bridgehead atoms. The summed E-state index contributed by atoms with van der Waals surface area (Å²) in [6.07, 6.45) is 2.33. The van der Waals surface area contributed by atoms with Gasteiger partial charge >= 0.3 is 0 Å². The summed E-state index contributed by atoms with van der Waals surface area (Å²) in [5.41, 5.74) is 2.59. The minimum absolute atomic E-state index is 0.0128. The number of likely N-dealkylation sites (tertiary alicyclic amines) is 2. The number of aromatic amines is 1. The lowest BCUT2D eigenvalue weighted by Crippen LogP contribution is -2.40. The van der Waals surface area contributed by atoms with Gasteiger partial charge in [-0.2, -0.15) is 15.4 Å². The minimum Gasteiger partial charge on any atom is -0.490 e. The highest BCUT2D eigenvalue weighted by molar-refractivity contribution is 6.01. The predicted octanol–water partition coefficient (Wildman–Crippen LogP) is 3.08. The van der Waals surface area contributed by atoms with Crippen LogP contribution in [0.1, 0.15) is 42.0 Å². The average molecular weight is 474 g/mol. The summed E-state index contributed by atoms with van der Waals surface area (Å²) in [5, 5.41) is 13.1. The lowest BCUT2D eigenvalue weighted by atomic mass is 9.89. The van der Waals surface area contributed by atoms with E-state index in [0.717, 1.165) is 53.8 Å². The Morgan fingerprint density at radius 1 is 1.00 bits per heavy atom. The van der Waals surface area contributed by atoms with E-state index in [9.17, 15) is 9.59 Å². The van der Waals surface area contributed by atoms with E-state index >= 15 is 0 Å². The quantitative estimate of drug-likeness (QED) is 0.629. The number of benzene rings is 2. The van der Waals surface area contributed by atoms with Crippen LogP contribution >= 0.6 is 0 Å². The van der Waals surface area contributed by atoms with Crippen molar-refractivity contribution in [1.82, 2.24) is 25.2 Å². The Morgan fingerprint density at radius 2 is 1.71 bits per heavy atom. The zero-order valence-corrected chi connectivity index (χ0v) is 20.2. The molecule has 3 aliphatic rings. The Balaban J connectivity index is 1.13. The van der Waals surface area contributed by atoms with Crippen molar-refractivity contribution in [2.75, 3.05) is 26.2 Å². The van der Waals surface area contributed by atoms with E-state index in [4.69, 9.17) is 4.74 Å². The smallest absolute Gasteiger partial charge is 0.254 e. The molecule has 2 aliphatic heterocycles. The Bertz CT molecular complexity index is 1270. The molecule has 35 heavy (non-hydrogen) atoms. The maximum Gasteiger partial charge on any atom is 0.254 e. The van der Waals surface area contributed by atoms with Gasteiger partial charge in [0.25, 0.3) is 5.91 Å². The van der Waals surface area contributed by atoms with Gasteiger partial charge in [-0.15, -0.1) is 0 Å². The van der Waals surface area contributed by atoms with Crippen LogP contribution < -0.4 is 4.74 Å². The van der Waals surface area contributed by atoms with Crippen molar-refractivity contribution in [3.63, 3.8) is 0 Å². The fourth-order valence-corrected chi connectivity index (χ4v) is 6.03. The Morgan fingerprint density at radius 3 is 2.49 bits per heavy atom. The summed E-state index contributed by atoms with van der Waals surface area (Å²) in [7, 11) is 0. The molecule has 8 nitrogen and oxygen atoms in total. The molecule has 6 rings (SSSR count). The molecule has 8 heteroatoms. The van der Waals surface area contributed by atoms with Crippen molar-refractivity contribution in [3.8, 4) is 5.75 Å². The Labute approximate surface area is 204 Å². The SMILES string of the molecule is CC(C)Oc1cc(C(=O)N2C[C@@H]3CN(C(=O)[C@@H]4CCc5n[nH]nc5C4)C[C@H]3C2)cc2ccccc12. The predicted molar refractivity (Wildman–Crippen MR) is 131 cm³/mol. The summed E-state index contributed by atoms with van der Waals surface area (Å²) in [6.45, 7) is 6.84. The molecule has 182 valence electrons. The first kappa shape index (κ1) is 22.1. The number of ether oxygens (including phenoxy) is 1. The fourth-order valence-electron chi connectivity index (χ4n) is 6.03. The van der Waals surface area contributed by atoms with E-state index < -0.39 is 0 Å². The Kier molecular flexibility index (Phi) is 5.46. The zero-order chi connectivity index (χ0) is 24.1. The second kappa shape index (κ2) is 8.66. The maximum absolute atomic E-state index is 13.5. The van der Waals surface area contributed by atoms with Gasteiger partial charge in [0.1, 0.15) is 5.75 Å². The number of hydrogen-bond donors (Lipinski definition) is 1. The van der Waals surface area contributed by atoms with Crippen LogP contribution in [0.5, 0.6) is 5.75 Å². The number of carbonyl (C=O) groups excluding carboxylic acids is 2. The normalized spacial score (nSPS) is 23.6. The van der Waals surface area contributed by atoms with Gasteiger partial charge in [0, 0.05) is 61.3 Å². The standard InChI is InChI=1S/C27H31N5O3/c1-16(2)35-25-11-19(9-17-5-3-4-6-22(17)25)27(34)32-14-20-12-31(13-21(20)15-32)26(33)18-7-8-23-24(10-18)29-30-28-23/h3-6,9,11,16,18,20-21H,7-8,10,12-15H2,1-2H3,(H,28,29,30)/t18-,20+,21+/m1/s1. The average Bonchev–Trinajstić information content (AvgIpc) is 3.57. The molecule has 2 aromatic carbocycles. The number of aryl methyl sites for hydroxylation is 1. The summed E-state index contributed by atoms with van der Waals surface area (Å²) < 4.78 is 6.05. The molecule has 0 saturated carbocycles. The van der Waals surface area contributed by atoms with Gasteiger partial charge in [-0.05, 0) is 44.2 Å². The van der Waals surface area contributed by atoms with E-state index in [-0.39, 0.29) is 23.8 Å². The van der Waals surface area contributed by atoms with Crippen LogP contribution in [0.15, 0.2) is 36.4 Å². The highest BCUT2D eigenvalue weighted by Gasteiger charge is 2.44. The third-order valence-electron chi connectivity index (χ3n) is 7.74. The topological polar surface area (TPSA) is 91.4 Å². The van der Waals surface area contributed by atoms with Crippen molar-refractivity contribution in [3.05, 3.63) is 53.3 Å². The van der Waals surface area contributed by atoms with Gasteiger partial charge in [0.05, 0.1) is 17.5 Å². The van der Waals surface area contributed by atoms with Crippen LogP contribution in [-0.2, 0) is 17.6 Å². The first-order valence-electron chi connectivity index (χ1n) is 12.6. The number of rotatable bonds is 4. The molecular formula is C27H31N5O3. The molecule has 0 radical (unpaired) electrons. The van der Waals surface area contributed by atoms with Gasteiger partial charge in [0.15, 0.2) is 0 Å². The van der Waals surface area contributed by atoms with Gasteiger partial charge in [-0.3, -0.25) is 9.59 Å². The molecule has 2 amide bonds. The Hall–Kier alpha value is -3.42. The van der Waals surface area contributed by atoms with E-state index in [1.807, 2.05) is 60.0 Å². The first-order chi connectivity index (χ1) is 17.0. The van der Waals surface area contributed by atoms with Gasteiger partial charge in [0.2, 0.25) is 5.91 Å². The van der Waals surface area contributed by atoms with Crippen LogP contribution in [0.4, 0.5) is 0 Å². The number of nitrogens with one attached hydrogen (secondary N) is 1.